The summed E-state index contributed by atoms with van der Waals surface area (Å²) in [5.41, 5.74) is 2.50. The Bertz CT molecular complexity index is 449. The predicted octanol–water partition coefficient (Wildman–Crippen LogP) is 1.49. The smallest absolute Gasteiger partial charge is 0.252 e. The van der Waals surface area contributed by atoms with E-state index in [2.05, 4.69) is 16.4 Å². The number of fused-ring (bicyclic) bond motifs is 1. The topological polar surface area (TPSA) is 44.9 Å². The summed E-state index contributed by atoms with van der Waals surface area (Å²) in [5.74, 6) is 1.57. The van der Waals surface area contributed by atoms with E-state index in [0.29, 0.717) is 5.92 Å². The molecule has 86 valence electrons. The van der Waals surface area contributed by atoms with Crippen LogP contribution < -0.4 is 10.9 Å². The molecule has 3 nitrogen and oxygen atoms in total. The Kier molecular flexibility index (Phi) is 2.77. The van der Waals surface area contributed by atoms with Crippen LogP contribution in [0.5, 0.6) is 0 Å². The lowest BCUT2D eigenvalue weighted by atomic mass is 9.90. The molecule has 0 aromatic carbocycles. The van der Waals surface area contributed by atoms with Crippen LogP contribution in [0.25, 0.3) is 0 Å². The molecule has 0 saturated carbocycles. The molecule has 1 aromatic rings. The number of aromatic nitrogens is 1. The van der Waals surface area contributed by atoms with Gasteiger partial charge in [0, 0.05) is 11.3 Å². The van der Waals surface area contributed by atoms with Crippen LogP contribution in [-0.4, -0.2) is 23.8 Å². The van der Waals surface area contributed by atoms with Crippen molar-refractivity contribution >= 4 is 11.8 Å². The average Bonchev–Trinajstić information content (AvgIpc) is 2.76. The molecule has 0 aliphatic carbocycles. The number of aromatic amines is 1. The fourth-order valence-electron chi connectivity index (χ4n) is 2.59. The van der Waals surface area contributed by atoms with Crippen LogP contribution in [0.15, 0.2) is 15.9 Å². The van der Waals surface area contributed by atoms with Crippen molar-refractivity contribution in [1.29, 1.82) is 0 Å². The zero-order chi connectivity index (χ0) is 11.0. The van der Waals surface area contributed by atoms with Gasteiger partial charge in [-0.1, -0.05) is 0 Å². The Balaban J connectivity index is 1.97. The van der Waals surface area contributed by atoms with E-state index in [9.17, 15) is 4.79 Å². The minimum absolute atomic E-state index is 0.139. The van der Waals surface area contributed by atoms with Gasteiger partial charge >= 0.3 is 0 Å². The number of hydrogen-bond donors (Lipinski definition) is 2. The maximum atomic E-state index is 12.0. The molecule has 0 radical (unpaired) electrons. The Morgan fingerprint density at radius 2 is 2.12 bits per heavy atom. The molecular weight excluding hydrogens is 220 g/mol. The minimum atomic E-state index is 0.139. The molecule has 1 saturated heterocycles. The molecule has 0 unspecified atom stereocenters. The Hall–Kier alpha value is -0.740. The predicted molar refractivity (Wildman–Crippen MR) is 66.3 cm³/mol. The van der Waals surface area contributed by atoms with Gasteiger partial charge in [0.1, 0.15) is 0 Å². The second kappa shape index (κ2) is 4.26. The first-order chi connectivity index (χ1) is 7.84. The molecule has 2 aliphatic rings. The van der Waals surface area contributed by atoms with Gasteiger partial charge in [-0.05, 0) is 49.9 Å². The third-order valence-corrected chi connectivity index (χ3v) is 4.57. The van der Waals surface area contributed by atoms with E-state index in [-0.39, 0.29) is 5.56 Å². The fourth-order valence-corrected chi connectivity index (χ4v) is 3.63. The van der Waals surface area contributed by atoms with Gasteiger partial charge in [0.05, 0.1) is 5.03 Å². The quantitative estimate of drug-likeness (QED) is 0.776. The van der Waals surface area contributed by atoms with Crippen LogP contribution in [-0.2, 0) is 6.42 Å². The van der Waals surface area contributed by atoms with Crippen molar-refractivity contribution in [2.24, 2.45) is 0 Å². The summed E-state index contributed by atoms with van der Waals surface area (Å²) in [6.45, 7) is 2.08. The van der Waals surface area contributed by atoms with E-state index in [0.717, 1.165) is 48.7 Å². The maximum absolute atomic E-state index is 12.0. The van der Waals surface area contributed by atoms with Crippen molar-refractivity contribution < 1.29 is 0 Å². The SMILES string of the molecule is O=c1[nH]c2c(cc1C1CCNCC1)CCS2. The first-order valence-electron chi connectivity index (χ1n) is 5.94. The molecule has 1 aromatic heterocycles. The Morgan fingerprint density at radius 1 is 1.31 bits per heavy atom. The summed E-state index contributed by atoms with van der Waals surface area (Å²) < 4.78 is 0. The Labute approximate surface area is 99.0 Å². The average molecular weight is 236 g/mol. The molecule has 3 heterocycles. The van der Waals surface area contributed by atoms with Crippen molar-refractivity contribution in [3.63, 3.8) is 0 Å². The molecular formula is C12H16N2OS. The largest absolute Gasteiger partial charge is 0.317 e. The van der Waals surface area contributed by atoms with E-state index in [1.807, 2.05) is 0 Å². The molecule has 2 N–H and O–H groups in total. The van der Waals surface area contributed by atoms with Crippen molar-refractivity contribution in [1.82, 2.24) is 10.3 Å². The van der Waals surface area contributed by atoms with Crippen LogP contribution in [0, 0.1) is 0 Å². The van der Waals surface area contributed by atoms with Gasteiger partial charge in [0.15, 0.2) is 0 Å². The maximum Gasteiger partial charge on any atom is 0.252 e. The first-order valence-corrected chi connectivity index (χ1v) is 6.93. The first kappa shape index (κ1) is 10.4. The molecule has 16 heavy (non-hydrogen) atoms. The highest BCUT2D eigenvalue weighted by Gasteiger charge is 2.21. The number of piperidine rings is 1. The molecule has 1 fully saturated rings. The van der Waals surface area contributed by atoms with E-state index >= 15 is 0 Å². The second-order valence-corrected chi connectivity index (χ2v) is 5.64. The molecule has 2 aliphatic heterocycles. The van der Waals surface area contributed by atoms with Crippen molar-refractivity contribution in [3.8, 4) is 0 Å². The normalized spacial score (nSPS) is 21.0. The summed E-state index contributed by atoms with van der Waals surface area (Å²) in [7, 11) is 0. The summed E-state index contributed by atoms with van der Waals surface area (Å²) >= 11 is 1.77. The van der Waals surface area contributed by atoms with Gasteiger partial charge in [-0.15, -0.1) is 11.8 Å². The van der Waals surface area contributed by atoms with Gasteiger partial charge in [-0.3, -0.25) is 4.79 Å². The van der Waals surface area contributed by atoms with Crippen molar-refractivity contribution in [3.05, 3.63) is 27.5 Å². The molecule has 0 spiro atoms. The lowest BCUT2D eigenvalue weighted by Crippen LogP contribution is -2.29. The third-order valence-electron chi connectivity index (χ3n) is 3.51. The van der Waals surface area contributed by atoms with Gasteiger partial charge in [-0.2, -0.15) is 0 Å². The van der Waals surface area contributed by atoms with Gasteiger partial charge in [0.2, 0.25) is 0 Å². The standard InChI is InChI=1S/C12H16N2OS/c15-11-10(8-1-4-13-5-2-8)7-9-3-6-16-12(9)14-11/h7-8,13H,1-6H2,(H,14,15). The summed E-state index contributed by atoms with van der Waals surface area (Å²) in [6, 6.07) is 2.16. The highest BCUT2D eigenvalue weighted by Crippen LogP contribution is 2.31. The summed E-state index contributed by atoms with van der Waals surface area (Å²) in [6.07, 6.45) is 3.29. The van der Waals surface area contributed by atoms with Crippen LogP contribution >= 0.6 is 11.8 Å². The lowest BCUT2D eigenvalue weighted by molar-refractivity contribution is 0.457. The van der Waals surface area contributed by atoms with Crippen molar-refractivity contribution in [2.45, 2.75) is 30.2 Å². The lowest BCUT2D eigenvalue weighted by Gasteiger charge is -2.22. The van der Waals surface area contributed by atoms with E-state index < -0.39 is 0 Å². The van der Waals surface area contributed by atoms with Gasteiger partial charge in [0.25, 0.3) is 5.56 Å². The molecule has 3 rings (SSSR count). The number of nitrogens with one attached hydrogen (secondary N) is 2. The number of aryl methyl sites for hydroxylation is 1. The van der Waals surface area contributed by atoms with Crippen LogP contribution in [0.2, 0.25) is 0 Å². The molecule has 0 atom stereocenters. The van der Waals surface area contributed by atoms with Gasteiger partial charge in [-0.25, -0.2) is 0 Å². The molecule has 4 heteroatoms. The van der Waals surface area contributed by atoms with E-state index in [1.165, 1.54) is 5.56 Å². The highest BCUT2D eigenvalue weighted by atomic mass is 32.2. The monoisotopic (exact) mass is 236 g/mol. The van der Waals surface area contributed by atoms with E-state index in [1.54, 1.807) is 11.8 Å². The van der Waals surface area contributed by atoms with Gasteiger partial charge < -0.3 is 10.3 Å². The van der Waals surface area contributed by atoms with Crippen LogP contribution in [0.1, 0.15) is 29.9 Å². The van der Waals surface area contributed by atoms with E-state index in [4.69, 9.17) is 0 Å². The number of pyridine rings is 1. The number of H-pyrrole nitrogens is 1. The summed E-state index contributed by atoms with van der Waals surface area (Å²) in [4.78, 5) is 15.0. The van der Waals surface area contributed by atoms with Crippen molar-refractivity contribution in [2.75, 3.05) is 18.8 Å². The fraction of sp³-hybridized carbons (Fsp3) is 0.583. The second-order valence-electron chi connectivity index (χ2n) is 4.53. The highest BCUT2D eigenvalue weighted by molar-refractivity contribution is 7.99. The number of hydrogen-bond acceptors (Lipinski definition) is 3. The molecule has 0 amide bonds. The van der Waals surface area contributed by atoms with Crippen LogP contribution in [0.4, 0.5) is 0 Å². The zero-order valence-corrected chi connectivity index (χ0v) is 10.0. The Morgan fingerprint density at radius 3 is 2.94 bits per heavy atom. The van der Waals surface area contributed by atoms with Crippen LogP contribution in [0.3, 0.4) is 0 Å². The number of rotatable bonds is 1. The number of thioether (sulfide) groups is 1. The third kappa shape index (κ3) is 1.80. The zero-order valence-electron chi connectivity index (χ0n) is 9.21. The molecule has 0 bridgehead atoms. The summed E-state index contributed by atoms with van der Waals surface area (Å²) in [5, 5.41) is 4.44. The minimum Gasteiger partial charge on any atom is -0.317 e.